The highest BCUT2D eigenvalue weighted by atomic mass is 16.2. The van der Waals surface area contributed by atoms with Crippen molar-refractivity contribution in [2.24, 2.45) is 0 Å². The number of likely N-dealkylation sites (N-methyl/N-ethyl adjacent to an activating group) is 1. The number of nitrogens with one attached hydrogen (secondary N) is 3. The van der Waals surface area contributed by atoms with Gasteiger partial charge in [0.25, 0.3) is 5.91 Å². The molecule has 142 valence electrons. The molecule has 2 aromatic carbocycles. The minimum Gasteiger partial charge on any atom is -0.370 e. The number of carbonyl (C=O) groups excluding carboxylic acids is 2. The molecule has 0 aliphatic heterocycles. The summed E-state index contributed by atoms with van der Waals surface area (Å²) in [5, 5.41) is 8.60. The van der Waals surface area contributed by atoms with Crippen molar-refractivity contribution in [2.45, 2.75) is 31.8 Å². The molecule has 1 aliphatic carbocycles. The molecule has 3 rings (SSSR count). The highest BCUT2D eigenvalue weighted by Gasteiger charge is 2.23. The molecule has 1 unspecified atom stereocenters. The molecule has 6 heteroatoms. The van der Waals surface area contributed by atoms with Gasteiger partial charge in [-0.3, -0.25) is 4.79 Å². The number of para-hydroxylation sites is 1. The van der Waals surface area contributed by atoms with E-state index in [0.717, 1.165) is 18.5 Å². The first kappa shape index (κ1) is 18.8. The average Bonchev–Trinajstić information content (AvgIpc) is 3.50. The number of nitrogens with zero attached hydrogens (tertiary/aromatic N) is 1. The molecule has 3 amide bonds. The van der Waals surface area contributed by atoms with Crippen LogP contribution in [-0.2, 0) is 0 Å². The van der Waals surface area contributed by atoms with Gasteiger partial charge in [0.2, 0.25) is 0 Å². The summed E-state index contributed by atoms with van der Waals surface area (Å²) in [6.45, 7) is 2.60. The molecular formula is C21H26N4O2. The Morgan fingerprint density at radius 2 is 1.74 bits per heavy atom. The molecule has 6 nitrogen and oxygen atoms in total. The van der Waals surface area contributed by atoms with E-state index >= 15 is 0 Å². The Morgan fingerprint density at radius 3 is 2.37 bits per heavy atom. The molecule has 3 N–H and O–H groups in total. The van der Waals surface area contributed by atoms with Gasteiger partial charge in [-0.25, -0.2) is 4.79 Å². The van der Waals surface area contributed by atoms with Crippen LogP contribution in [0.15, 0.2) is 54.6 Å². The molecule has 1 aliphatic rings. The Labute approximate surface area is 159 Å². The van der Waals surface area contributed by atoms with Gasteiger partial charge < -0.3 is 20.9 Å². The normalized spacial score (nSPS) is 14.1. The second-order valence-corrected chi connectivity index (χ2v) is 6.96. The topological polar surface area (TPSA) is 73.5 Å². The van der Waals surface area contributed by atoms with Crippen LogP contribution in [0.5, 0.6) is 0 Å². The Hall–Kier alpha value is -3.02. The van der Waals surface area contributed by atoms with Crippen LogP contribution in [0.1, 0.15) is 30.1 Å². The van der Waals surface area contributed by atoms with E-state index in [4.69, 9.17) is 0 Å². The first-order valence-corrected chi connectivity index (χ1v) is 9.26. The maximum Gasteiger partial charge on any atom is 0.319 e. The third kappa shape index (κ3) is 5.48. The monoisotopic (exact) mass is 366 g/mol. The van der Waals surface area contributed by atoms with Gasteiger partial charge in [-0.05, 0) is 56.2 Å². The van der Waals surface area contributed by atoms with Gasteiger partial charge >= 0.3 is 6.03 Å². The Morgan fingerprint density at radius 1 is 1.07 bits per heavy atom. The fraction of sp³-hybridized carbons (Fsp3) is 0.333. The Kier molecular flexibility index (Phi) is 5.96. The number of anilines is 2. The van der Waals surface area contributed by atoms with Crippen molar-refractivity contribution in [3.8, 4) is 0 Å². The zero-order chi connectivity index (χ0) is 19.2. The average molecular weight is 366 g/mol. The number of hydrogen-bond donors (Lipinski definition) is 3. The lowest BCUT2D eigenvalue weighted by molar-refractivity contribution is 0.0951. The van der Waals surface area contributed by atoms with E-state index in [1.807, 2.05) is 37.4 Å². The minimum atomic E-state index is -0.201. The molecule has 0 heterocycles. The summed E-state index contributed by atoms with van der Waals surface area (Å²) >= 11 is 0. The van der Waals surface area contributed by atoms with E-state index in [-0.39, 0.29) is 18.0 Å². The summed E-state index contributed by atoms with van der Waals surface area (Å²) in [4.78, 5) is 26.2. The number of urea groups is 1. The third-order valence-electron chi connectivity index (χ3n) is 4.70. The van der Waals surface area contributed by atoms with Crippen molar-refractivity contribution < 1.29 is 9.59 Å². The van der Waals surface area contributed by atoms with Crippen molar-refractivity contribution in [3.05, 3.63) is 60.2 Å². The number of carbonyl (C=O) groups is 2. The van der Waals surface area contributed by atoms with Gasteiger partial charge in [0, 0.05) is 42.6 Å². The highest BCUT2D eigenvalue weighted by Crippen LogP contribution is 2.19. The van der Waals surface area contributed by atoms with Crippen molar-refractivity contribution >= 4 is 23.3 Å². The van der Waals surface area contributed by atoms with Gasteiger partial charge in [-0.1, -0.05) is 18.2 Å². The summed E-state index contributed by atoms with van der Waals surface area (Å²) in [5.41, 5.74) is 2.35. The summed E-state index contributed by atoms with van der Waals surface area (Å²) in [6.07, 6.45) is 2.09. The van der Waals surface area contributed by atoms with Crippen molar-refractivity contribution in [1.82, 2.24) is 10.6 Å². The highest BCUT2D eigenvalue weighted by molar-refractivity contribution is 5.95. The van der Waals surface area contributed by atoms with Crippen LogP contribution in [0, 0.1) is 0 Å². The first-order valence-electron chi connectivity index (χ1n) is 9.26. The standard InChI is InChI=1S/C21H26N4O2/c1-15(25(2)19-6-4-3-5-7-19)14-22-20(26)16-8-10-17(11-9-16)23-21(27)24-18-12-13-18/h3-11,15,18H,12-14H2,1-2H3,(H,22,26)(H2,23,24,27). The van der Waals surface area contributed by atoms with Crippen LogP contribution >= 0.6 is 0 Å². The van der Waals surface area contributed by atoms with E-state index in [9.17, 15) is 9.59 Å². The summed E-state index contributed by atoms with van der Waals surface area (Å²) in [6, 6.07) is 17.2. The first-order chi connectivity index (χ1) is 13.0. The van der Waals surface area contributed by atoms with Crippen LogP contribution in [0.2, 0.25) is 0 Å². The van der Waals surface area contributed by atoms with Gasteiger partial charge in [-0.2, -0.15) is 0 Å². The maximum absolute atomic E-state index is 12.4. The van der Waals surface area contributed by atoms with Crippen LogP contribution in [0.25, 0.3) is 0 Å². The number of benzene rings is 2. The quantitative estimate of drug-likeness (QED) is 0.704. The maximum atomic E-state index is 12.4. The predicted octanol–water partition coefficient (Wildman–Crippen LogP) is 3.23. The lowest BCUT2D eigenvalue weighted by Crippen LogP contribution is -2.40. The molecule has 2 aromatic rings. The third-order valence-corrected chi connectivity index (χ3v) is 4.70. The van der Waals surface area contributed by atoms with Crippen LogP contribution in [0.3, 0.4) is 0 Å². The van der Waals surface area contributed by atoms with Crippen molar-refractivity contribution in [1.29, 1.82) is 0 Å². The summed E-state index contributed by atoms with van der Waals surface area (Å²) in [5.74, 6) is -0.128. The lowest BCUT2D eigenvalue weighted by Gasteiger charge is -2.27. The van der Waals surface area contributed by atoms with Crippen LogP contribution < -0.4 is 20.9 Å². The Balaban J connectivity index is 1.48. The molecule has 1 atom stereocenters. The van der Waals surface area contributed by atoms with E-state index in [1.165, 1.54) is 0 Å². The van der Waals surface area contributed by atoms with Crippen molar-refractivity contribution in [2.75, 3.05) is 23.8 Å². The van der Waals surface area contributed by atoms with Gasteiger partial charge in [-0.15, -0.1) is 0 Å². The van der Waals surface area contributed by atoms with Crippen LogP contribution in [0.4, 0.5) is 16.2 Å². The summed E-state index contributed by atoms with van der Waals surface area (Å²) in [7, 11) is 2.01. The molecule has 0 spiro atoms. The number of amides is 3. The molecule has 0 bridgehead atoms. The largest absolute Gasteiger partial charge is 0.370 e. The molecule has 1 fully saturated rings. The molecule has 1 saturated carbocycles. The second kappa shape index (κ2) is 8.58. The zero-order valence-corrected chi connectivity index (χ0v) is 15.7. The van der Waals surface area contributed by atoms with Gasteiger partial charge in [0.1, 0.15) is 0 Å². The molecule has 27 heavy (non-hydrogen) atoms. The van der Waals surface area contributed by atoms with Gasteiger partial charge in [0.15, 0.2) is 0 Å². The molecule has 0 saturated heterocycles. The van der Waals surface area contributed by atoms with E-state index in [1.54, 1.807) is 24.3 Å². The summed E-state index contributed by atoms with van der Waals surface area (Å²) < 4.78 is 0. The van der Waals surface area contributed by atoms with Crippen molar-refractivity contribution in [3.63, 3.8) is 0 Å². The van der Waals surface area contributed by atoms with E-state index in [2.05, 4.69) is 27.8 Å². The predicted molar refractivity (Wildman–Crippen MR) is 108 cm³/mol. The van der Waals surface area contributed by atoms with E-state index in [0.29, 0.717) is 23.8 Å². The SMILES string of the molecule is CC(CNC(=O)c1ccc(NC(=O)NC2CC2)cc1)N(C)c1ccccc1. The Bertz CT molecular complexity index is 773. The molecular weight excluding hydrogens is 340 g/mol. The fourth-order valence-electron chi connectivity index (χ4n) is 2.68. The van der Waals surface area contributed by atoms with Crippen LogP contribution in [-0.4, -0.2) is 37.6 Å². The smallest absolute Gasteiger partial charge is 0.319 e. The number of rotatable bonds is 7. The van der Waals surface area contributed by atoms with E-state index < -0.39 is 0 Å². The number of hydrogen-bond acceptors (Lipinski definition) is 3. The fourth-order valence-corrected chi connectivity index (χ4v) is 2.68. The molecule has 0 radical (unpaired) electrons. The zero-order valence-electron chi connectivity index (χ0n) is 15.7. The lowest BCUT2D eigenvalue weighted by atomic mass is 10.2. The minimum absolute atomic E-state index is 0.128. The second-order valence-electron chi connectivity index (χ2n) is 6.96. The molecule has 0 aromatic heterocycles. The van der Waals surface area contributed by atoms with Gasteiger partial charge in [0.05, 0.1) is 0 Å².